The normalized spacial score (nSPS) is 16.8. The molecule has 1 N–H and O–H groups in total. The molecule has 3 heterocycles. The fraction of sp³-hybridized carbons (Fsp3) is 0.520. The van der Waals surface area contributed by atoms with Crippen LogP contribution in [0.2, 0.25) is 0 Å². The second kappa shape index (κ2) is 10.6. The smallest absolute Gasteiger partial charge is 0.292 e. The summed E-state index contributed by atoms with van der Waals surface area (Å²) in [6, 6.07) is 7.36. The van der Waals surface area contributed by atoms with Crippen molar-refractivity contribution in [3.05, 3.63) is 36.0 Å². The standard InChI is InChI=1S/C25H32N4O4/c30-22-11-7-15-27(22)16-8-12-26-25(33)24(32)20-17-29(21-10-4-3-9-19(20)21)18-23(31)28-13-5-1-2-6-14-28/h3-4,9-10,17H,1-2,5-8,11-16,18H2,(H,26,33). The van der Waals surface area contributed by atoms with E-state index in [1.54, 1.807) is 15.7 Å². The van der Waals surface area contributed by atoms with Crippen molar-refractivity contribution in [2.75, 3.05) is 32.7 Å². The number of nitrogens with zero attached hydrogens (tertiary/aromatic N) is 3. The van der Waals surface area contributed by atoms with Crippen LogP contribution in [0.4, 0.5) is 0 Å². The van der Waals surface area contributed by atoms with Crippen LogP contribution < -0.4 is 5.32 Å². The first-order valence-electron chi connectivity index (χ1n) is 12.0. The molecule has 0 atom stereocenters. The van der Waals surface area contributed by atoms with Crippen LogP contribution in [0.25, 0.3) is 10.9 Å². The van der Waals surface area contributed by atoms with Gasteiger partial charge in [-0.15, -0.1) is 0 Å². The SMILES string of the molecule is O=C(NCCCN1CCCC1=O)C(=O)c1cn(CC(=O)N2CCCCCC2)c2ccccc12. The monoisotopic (exact) mass is 452 g/mol. The molecule has 0 aliphatic carbocycles. The summed E-state index contributed by atoms with van der Waals surface area (Å²) in [5, 5.41) is 3.35. The van der Waals surface area contributed by atoms with Gasteiger partial charge in [-0.05, 0) is 31.7 Å². The molecule has 0 spiro atoms. The van der Waals surface area contributed by atoms with Crippen molar-refractivity contribution in [2.24, 2.45) is 0 Å². The molecule has 2 aliphatic heterocycles. The maximum atomic E-state index is 12.9. The van der Waals surface area contributed by atoms with Gasteiger partial charge in [0.05, 0.1) is 5.56 Å². The van der Waals surface area contributed by atoms with Gasteiger partial charge in [-0.1, -0.05) is 31.0 Å². The minimum atomic E-state index is -0.663. The predicted molar refractivity (Wildman–Crippen MR) is 125 cm³/mol. The summed E-state index contributed by atoms with van der Waals surface area (Å²) in [7, 11) is 0. The van der Waals surface area contributed by atoms with Gasteiger partial charge in [0, 0.05) is 56.2 Å². The van der Waals surface area contributed by atoms with Crippen LogP contribution in [-0.4, -0.2) is 70.6 Å². The number of nitrogens with one attached hydrogen (secondary N) is 1. The summed E-state index contributed by atoms with van der Waals surface area (Å²) < 4.78 is 1.78. The van der Waals surface area contributed by atoms with Crippen LogP contribution in [0.5, 0.6) is 0 Å². The lowest BCUT2D eigenvalue weighted by Gasteiger charge is -2.20. The molecule has 2 saturated heterocycles. The van der Waals surface area contributed by atoms with Crippen LogP contribution in [0.1, 0.15) is 55.3 Å². The molecule has 33 heavy (non-hydrogen) atoms. The van der Waals surface area contributed by atoms with Gasteiger partial charge in [0.1, 0.15) is 6.54 Å². The summed E-state index contributed by atoms with van der Waals surface area (Å²) >= 11 is 0. The minimum absolute atomic E-state index is 0.0394. The lowest BCUT2D eigenvalue weighted by molar-refractivity contribution is -0.131. The number of hydrogen-bond donors (Lipinski definition) is 1. The Morgan fingerprint density at radius 1 is 0.939 bits per heavy atom. The van der Waals surface area contributed by atoms with Gasteiger partial charge >= 0.3 is 0 Å². The van der Waals surface area contributed by atoms with E-state index in [0.717, 1.165) is 57.3 Å². The average molecular weight is 453 g/mol. The Morgan fingerprint density at radius 3 is 2.42 bits per heavy atom. The predicted octanol–water partition coefficient (Wildman–Crippen LogP) is 2.36. The lowest BCUT2D eigenvalue weighted by atomic mass is 10.1. The highest BCUT2D eigenvalue weighted by molar-refractivity contribution is 6.45. The molecule has 2 aliphatic rings. The summed E-state index contributed by atoms with van der Waals surface area (Å²) in [4.78, 5) is 53.7. The van der Waals surface area contributed by atoms with E-state index in [1.807, 2.05) is 29.2 Å². The third-order valence-electron chi connectivity index (χ3n) is 6.57. The van der Waals surface area contributed by atoms with E-state index in [0.29, 0.717) is 36.9 Å². The molecule has 8 nitrogen and oxygen atoms in total. The van der Waals surface area contributed by atoms with Crippen molar-refractivity contribution in [1.29, 1.82) is 0 Å². The molecule has 4 rings (SSSR count). The first-order valence-corrected chi connectivity index (χ1v) is 12.0. The molecule has 0 radical (unpaired) electrons. The van der Waals surface area contributed by atoms with Gasteiger partial charge in [-0.2, -0.15) is 0 Å². The highest BCUT2D eigenvalue weighted by atomic mass is 16.2. The number of carbonyl (C=O) groups is 4. The summed E-state index contributed by atoms with van der Waals surface area (Å²) in [6.45, 7) is 3.39. The second-order valence-electron chi connectivity index (χ2n) is 8.91. The molecule has 1 aromatic carbocycles. The lowest BCUT2D eigenvalue weighted by Crippen LogP contribution is -2.34. The highest BCUT2D eigenvalue weighted by Crippen LogP contribution is 2.22. The van der Waals surface area contributed by atoms with E-state index in [-0.39, 0.29) is 18.4 Å². The van der Waals surface area contributed by atoms with Crippen LogP contribution in [-0.2, 0) is 20.9 Å². The first-order chi connectivity index (χ1) is 16.0. The Hall–Kier alpha value is -3.16. The summed E-state index contributed by atoms with van der Waals surface area (Å²) in [6.07, 6.45) is 8.06. The zero-order valence-corrected chi connectivity index (χ0v) is 19.1. The van der Waals surface area contributed by atoms with Gasteiger partial charge in [0.15, 0.2) is 0 Å². The van der Waals surface area contributed by atoms with Crippen LogP contribution >= 0.6 is 0 Å². The zero-order chi connectivity index (χ0) is 23.2. The van der Waals surface area contributed by atoms with E-state index in [4.69, 9.17) is 0 Å². The highest BCUT2D eigenvalue weighted by Gasteiger charge is 2.24. The van der Waals surface area contributed by atoms with Crippen molar-refractivity contribution in [3.63, 3.8) is 0 Å². The van der Waals surface area contributed by atoms with E-state index in [9.17, 15) is 19.2 Å². The maximum absolute atomic E-state index is 12.9. The number of fused-ring (bicyclic) bond motifs is 1. The van der Waals surface area contributed by atoms with Crippen LogP contribution in [0.3, 0.4) is 0 Å². The van der Waals surface area contributed by atoms with Gasteiger partial charge in [0.2, 0.25) is 11.8 Å². The van der Waals surface area contributed by atoms with Crippen molar-refractivity contribution in [3.8, 4) is 0 Å². The fourth-order valence-electron chi connectivity index (χ4n) is 4.74. The molecular formula is C25H32N4O4. The van der Waals surface area contributed by atoms with Crippen molar-refractivity contribution < 1.29 is 19.2 Å². The number of para-hydroxylation sites is 1. The quantitative estimate of drug-likeness (QED) is 0.378. The molecule has 2 fully saturated rings. The van der Waals surface area contributed by atoms with Crippen LogP contribution in [0.15, 0.2) is 30.5 Å². The van der Waals surface area contributed by atoms with Crippen molar-refractivity contribution >= 4 is 34.4 Å². The number of amides is 3. The fourth-order valence-corrected chi connectivity index (χ4v) is 4.74. The topological polar surface area (TPSA) is 91.7 Å². The number of benzene rings is 1. The first kappa shape index (κ1) is 23.0. The second-order valence-corrected chi connectivity index (χ2v) is 8.91. The number of likely N-dealkylation sites (tertiary alicyclic amines) is 2. The molecular weight excluding hydrogens is 420 g/mol. The third-order valence-corrected chi connectivity index (χ3v) is 6.57. The number of ketones is 1. The Labute approximate surface area is 193 Å². The molecule has 1 aromatic heterocycles. The molecule has 0 unspecified atom stereocenters. The molecule has 0 bridgehead atoms. The molecule has 3 amide bonds. The molecule has 2 aromatic rings. The van der Waals surface area contributed by atoms with Crippen LogP contribution in [0, 0.1) is 0 Å². The van der Waals surface area contributed by atoms with E-state index < -0.39 is 11.7 Å². The Morgan fingerprint density at radius 2 is 1.70 bits per heavy atom. The summed E-state index contributed by atoms with van der Waals surface area (Å²) in [5.41, 5.74) is 1.07. The van der Waals surface area contributed by atoms with Crippen molar-refractivity contribution in [2.45, 2.75) is 51.5 Å². The van der Waals surface area contributed by atoms with Gasteiger partial charge in [-0.3, -0.25) is 19.2 Å². The molecule has 8 heteroatoms. The van der Waals surface area contributed by atoms with Gasteiger partial charge < -0.3 is 19.7 Å². The number of hydrogen-bond acceptors (Lipinski definition) is 4. The molecule has 0 saturated carbocycles. The summed E-state index contributed by atoms with van der Waals surface area (Å²) in [5.74, 6) is -1.08. The number of carbonyl (C=O) groups excluding carboxylic acids is 4. The third kappa shape index (κ3) is 5.43. The Bertz CT molecular complexity index is 1040. The van der Waals surface area contributed by atoms with E-state index >= 15 is 0 Å². The van der Waals surface area contributed by atoms with Gasteiger partial charge in [0.25, 0.3) is 11.7 Å². The number of aromatic nitrogens is 1. The zero-order valence-electron chi connectivity index (χ0n) is 19.1. The average Bonchev–Trinajstić information content (AvgIpc) is 3.27. The minimum Gasteiger partial charge on any atom is -0.349 e. The van der Waals surface area contributed by atoms with Gasteiger partial charge in [-0.25, -0.2) is 0 Å². The van der Waals surface area contributed by atoms with Crippen molar-refractivity contribution in [1.82, 2.24) is 19.7 Å². The Kier molecular flexibility index (Phi) is 7.42. The van der Waals surface area contributed by atoms with E-state index in [2.05, 4.69) is 5.32 Å². The Balaban J connectivity index is 1.40. The van der Waals surface area contributed by atoms with E-state index in [1.165, 1.54) is 0 Å². The number of rotatable bonds is 8. The largest absolute Gasteiger partial charge is 0.349 e. The molecule has 176 valence electrons. The maximum Gasteiger partial charge on any atom is 0.292 e. The number of Topliss-reactive ketones (excluding diaryl/α,β-unsaturated/α-hetero) is 1.